The highest BCUT2D eigenvalue weighted by Crippen LogP contribution is 2.35. The van der Waals surface area contributed by atoms with E-state index in [1.54, 1.807) is 7.11 Å². The molecule has 0 amide bonds. The Morgan fingerprint density at radius 2 is 2.18 bits per heavy atom. The summed E-state index contributed by atoms with van der Waals surface area (Å²) in [5.74, 6) is 1.97. The van der Waals surface area contributed by atoms with Crippen molar-refractivity contribution in [3.63, 3.8) is 0 Å². The maximum absolute atomic E-state index is 6.09. The van der Waals surface area contributed by atoms with Crippen LogP contribution in [0.1, 0.15) is 13.8 Å². The minimum absolute atomic E-state index is 0.296. The van der Waals surface area contributed by atoms with E-state index in [9.17, 15) is 0 Å². The van der Waals surface area contributed by atoms with Crippen LogP contribution < -0.4 is 15.4 Å². The molecule has 1 aliphatic heterocycles. The van der Waals surface area contributed by atoms with Crippen LogP contribution in [0, 0.1) is 0 Å². The molecule has 0 radical (unpaired) electrons. The van der Waals surface area contributed by atoms with Crippen LogP contribution in [0.3, 0.4) is 0 Å². The Balaban J connectivity index is 2.22. The Kier molecular flexibility index (Phi) is 3.43. The number of hydrogen-bond donors (Lipinski definition) is 1. The molecular formula is C13H20N2OS. The van der Waals surface area contributed by atoms with Crippen LogP contribution in [-0.2, 0) is 0 Å². The number of rotatable bonds is 2. The topological polar surface area (TPSA) is 38.5 Å². The van der Waals surface area contributed by atoms with Gasteiger partial charge in [-0.25, -0.2) is 0 Å². The van der Waals surface area contributed by atoms with Crippen molar-refractivity contribution < 1.29 is 4.74 Å². The highest BCUT2D eigenvalue weighted by Gasteiger charge is 2.27. The average Bonchev–Trinajstić information content (AvgIpc) is 2.27. The number of nitrogen functional groups attached to an aromatic ring is 1. The molecule has 0 saturated carbocycles. The van der Waals surface area contributed by atoms with Crippen LogP contribution in [0.25, 0.3) is 0 Å². The average molecular weight is 252 g/mol. The third-order valence-electron chi connectivity index (χ3n) is 3.00. The molecule has 1 aliphatic rings. The lowest BCUT2D eigenvalue weighted by molar-refractivity contribution is 0.415. The molecule has 1 saturated heterocycles. The van der Waals surface area contributed by atoms with Gasteiger partial charge in [-0.2, -0.15) is 11.8 Å². The SMILES string of the molecule is COc1ccc(N2CCSC(C)(C)C2)c(N)c1. The van der Waals surface area contributed by atoms with E-state index in [4.69, 9.17) is 10.5 Å². The fourth-order valence-electron chi connectivity index (χ4n) is 2.17. The number of nitrogens with two attached hydrogens (primary N) is 1. The smallest absolute Gasteiger partial charge is 0.121 e. The fraction of sp³-hybridized carbons (Fsp3) is 0.538. The number of nitrogens with zero attached hydrogens (tertiary/aromatic N) is 1. The minimum atomic E-state index is 0.296. The van der Waals surface area contributed by atoms with E-state index in [2.05, 4.69) is 24.8 Å². The van der Waals surface area contributed by atoms with Gasteiger partial charge in [0, 0.05) is 29.7 Å². The van der Waals surface area contributed by atoms with Gasteiger partial charge in [0.05, 0.1) is 18.5 Å². The highest BCUT2D eigenvalue weighted by atomic mass is 32.2. The molecule has 0 aliphatic carbocycles. The third kappa shape index (κ3) is 2.80. The molecule has 1 heterocycles. The molecule has 0 spiro atoms. The maximum atomic E-state index is 6.09. The zero-order chi connectivity index (χ0) is 12.5. The quantitative estimate of drug-likeness (QED) is 0.821. The molecule has 1 fully saturated rings. The van der Waals surface area contributed by atoms with Crippen LogP contribution >= 0.6 is 11.8 Å². The molecule has 0 atom stereocenters. The van der Waals surface area contributed by atoms with Gasteiger partial charge in [-0.1, -0.05) is 0 Å². The summed E-state index contributed by atoms with van der Waals surface area (Å²) in [6.45, 7) is 6.66. The second-order valence-electron chi connectivity index (χ2n) is 4.95. The van der Waals surface area contributed by atoms with Crippen molar-refractivity contribution in [1.29, 1.82) is 0 Å². The van der Waals surface area contributed by atoms with Crippen LogP contribution in [0.5, 0.6) is 5.75 Å². The molecular weight excluding hydrogens is 232 g/mol. The predicted octanol–water partition coefficient (Wildman–Crippen LogP) is 2.61. The summed E-state index contributed by atoms with van der Waals surface area (Å²) in [4.78, 5) is 2.37. The largest absolute Gasteiger partial charge is 0.497 e. The number of thioether (sulfide) groups is 1. The molecule has 2 rings (SSSR count). The van der Waals surface area contributed by atoms with E-state index in [0.717, 1.165) is 36.0 Å². The van der Waals surface area contributed by atoms with Gasteiger partial charge in [-0.15, -0.1) is 0 Å². The number of benzene rings is 1. The van der Waals surface area contributed by atoms with Crippen molar-refractivity contribution in [2.75, 3.05) is 36.6 Å². The Morgan fingerprint density at radius 1 is 1.41 bits per heavy atom. The van der Waals surface area contributed by atoms with Gasteiger partial charge in [-0.05, 0) is 26.0 Å². The Hall–Kier alpha value is -1.03. The van der Waals surface area contributed by atoms with Gasteiger partial charge in [0.25, 0.3) is 0 Å². The summed E-state index contributed by atoms with van der Waals surface area (Å²) in [5, 5.41) is 0. The van der Waals surface area contributed by atoms with Gasteiger partial charge in [0.2, 0.25) is 0 Å². The molecule has 0 unspecified atom stereocenters. The fourth-order valence-corrected chi connectivity index (χ4v) is 3.28. The van der Waals surface area contributed by atoms with E-state index in [-0.39, 0.29) is 0 Å². The van der Waals surface area contributed by atoms with Gasteiger partial charge in [0.15, 0.2) is 0 Å². The zero-order valence-electron chi connectivity index (χ0n) is 10.7. The van der Waals surface area contributed by atoms with Crippen molar-refractivity contribution in [3.8, 4) is 5.75 Å². The van der Waals surface area contributed by atoms with Crippen LogP contribution in [0.4, 0.5) is 11.4 Å². The molecule has 17 heavy (non-hydrogen) atoms. The predicted molar refractivity (Wildman–Crippen MR) is 76.2 cm³/mol. The van der Waals surface area contributed by atoms with Gasteiger partial charge in [0.1, 0.15) is 5.75 Å². The Morgan fingerprint density at radius 3 is 2.76 bits per heavy atom. The second kappa shape index (κ2) is 4.69. The minimum Gasteiger partial charge on any atom is -0.497 e. The molecule has 4 heteroatoms. The van der Waals surface area contributed by atoms with E-state index < -0.39 is 0 Å². The van der Waals surface area contributed by atoms with Crippen LogP contribution in [-0.4, -0.2) is 30.7 Å². The Bertz CT molecular complexity index is 406. The number of ether oxygens (including phenoxy) is 1. The van der Waals surface area contributed by atoms with E-state index in [1.807, 2.05) is 23.9 Å². The third-order valence-corrected chi connectivity index (χ3v) is 4.30. The molecule has 1 aromatic carbocycles. The zero-order valence-corrected chi connectivity index (χ0v) is 11.5. The van der Waals surface area contributed by atoms with Gasteiger partial charge >= 0.3 is 0 Å². The first kappa shape index (κ1) is 12.4. The lowest BCUT2D eigenvalue weighted by atomic mass is 10.1. The van der Waals surface area contributed by atoms with E-state index >= 15 is 0 Å². The summed E-state index contributed by atoms with van der Waals surface area (Å²) in [5.41, 5.74) is 8.01. The molecule has 3 nitrogen and oxygen atoms in total. The molecule has 94 valence electrons. The first-order valence-corrected chi connectivity index (χ1v) is 6.83. The van der Waals surface area contributed by atoms with Crippen molar-refractivity contribution in [2.24, 2.45) is 0 Å². The Labute approximate surface area is 107 Å². The van der Waals surface area contributed by atoms with Crippen molar-refractivity contribution in [2.45, 2.75) is 18.6 Å². The standard InChI is InChI=1S/C13H20N2OS/c1-13(2)9-15(6-7-17-13)12-5-4-10(16-3)8-11(12)14/h4-5,8H,6-7,9,14H2,1-3H3. The first-order valence-electron chi connectivity index (χ1n) is 5.84. The molecule has 0 bridgehead atoms. The van der Waals surface area contributed by atoms with E-state index in [0.29, 0.717) is 4.75 Å². The normalized spacial score (nSPS) is 19.1. The van der Waals surface area contributed by atoms with Gasteiger partial charge in [-0.3, -0.25) is 0 Å². The highest BCUT2D eigenvalue weighted by molar-refractivity contribution is 8.00. The number of methoxy groups -OCH3 is 1. The number of anilines is 2. The monoisotopic (exact) mass is 252 g/mol. The summed E-state index contributed by atoms with van der Waals surface area (Å²) in [7, 11) is 1.66. The van der Waals surface area contributed by atoms with Crippen molar-refractivity contribution >= 4 is 23.1 Å². The summed E-state index contributed by atoms with van der Waals surface area (Å²) in [6.07, 6.45) is 0. The molecule has 1 aromatic rings. The van der Waals surface area contributed by atoms with Crippen molar-refractivity contribution in [3.05, 3.63) is 18.2 Å². The van der Waals surface area contributed by atoms with Crippen molar-refractivity contribution in [1.82, 2.24) is 0 Å². The summed E-state index contributed by atoms with van der Waals surface area (Å²) < 4.78 is 5.47. The van der Waals surface area contributed by atoms with E-state index in [1.165, 1.54) is 0 Å². The number of hydrogen-bond acceptors (Lipinski definition) is 4. The lowest BCUT2D eigenvalue weighted by Crippen LogP contribution is -2.43. The maximum Gasteiger partial charge on any atom is 0.121 e. The molecule has 2 N–H and O–H groups in total. The van der Waals surface area contributed by atoms with Crippen LogP contribution in [0.15, 0.2) is 18.2 Å². The lowest BCUT2D eigenvalue weighted by Gasteiger charge is -2.39. The summed E-state index contributed by atoms with van der Waals surface area (Å²) in [6, 6.07) is 5.92. The van der Waals surface area contributed by atoms with Crippen LogP contribution in [0.2, 0.25) is 0 Å². The first-order chi connectivity index (χ1) is 8.02. The van der Waals surface area contributed by atoms with Gasteiger partial charge < -0.3 is 15.4 Å². The second-order valence-corrected chi connectivity index (χ2v) is 6.76. The summed E-state index contributed by atoms with van der Waals surface area (Å²) >= 11 is 2.03. The molecule has 0 aromatic heterocycles.